The smallest absolute Gasteiger partial charge is 0.303 e. The quantitative estimate of drug-likeness (QED) is 0.0371. The minimum Gasteiger partial charge on any atom is -0.504 e. The lowest BCUT2D eigenvalue weighted by atomic mass is 10.1. The molecule has 0 saturated carbocycles. The molecule has 0 aliphatic carbocycles. The van der Waals surface area contributed by atoms with Crippen LogP contribution in [0.25, 0.3) is 12.2 Å². The van der Waals surface area contributed by atoms with Crippen molar-refractivity contribution in [2.24, 2.45) is 0 Å². The van der Waals surface area contributed by atoms with Crippen molar-refractivity contribution in [3.05, 3.63) is 59.7 Å². The normalized spacial score (nSPS) is 10.7. The summed E-state index contributed by atoms with van der Waals surface area (Å²) in [5.74, 6) is -1.40. The molecule has 0 heterocycles. The van der Waals surface area contributed by atoms with Gasteiger partial charge in [-0.1, -0.05) is 141 Å². The highest BCUT2D eigenvalue weighted by atomic mass is 16.5. The second kappa shape index (κ2) is 33.9. The highest BCUT2D eigenvalue weighted by Gasteiger charge is 2.06. The van der Waals surface area contributed by atoms with Crippen LogP contribution in [0.2, 0.25) is 0 Å². The minimum atomic E-state index is -0.659. The van der Waals surface area contributed by atoms with Crippen molar-refractivity contribution in [1.29, 1.82) is 0 Å². The van der Waals surface area contributed by atoms with Gasteiger partial charge in [-0.15, -0.1) is 0 Å². The first-order valence-electron chi connectivity index (χ1n) is 20.1. The number of carboxylic acid groups (broad SMARTS) is 2. The van der Waals surface area contributed by atoms with Crippen LogP contribution < -0.4 is 9.47 Å². The molecule has 0 fully saturated rings. The number of aromatic hydroxyl groups is 2. The predicted octanol–water partition coefficient (Wildman–Crippen LogP) is 11.4. The lowest BCUT2D eigenvalue weighted by molar-refractivity contribution is -0.138. The molecule has 0 aliphatic rings. The van der Waals surface area contributed by atoms with Crippen LogP contribution in [0, 0.1) is 0 Å². The Labute approximate surface area is 329 Å². The second-order valence-electron chi connectivity index (χ2n) is 13.6. The van der Waals surface area contributed by atoms with Crippen LogP contribution in [-0.2, 0) is 19.2 Å². The number of benzene rings is 2. The Morgan fingerprint density at radius 2 is 0.818 bits per heavy atom. The summed E-state index contributed by atoms with van der Waals surface area (Å²) in [5.41, 5.74) is 1.33. The third-order valence-corrected chi connectivity index (χ3v) is 8.67. The van der Waals surface area contributed by atoms with E-state index in [2.05, 4.69) is 13.8 Å². The molecule has 55 heavy (non-hydrogen) atoms. The highest BCUT2D eigenvalue weighted by Crippen LogP contribution is 2.27. The van der Waals surface area contributed by atoms with Crippen molar-refractivity contribution in [2.45, 2.75) is 149 Å². The molecule has 308 valence electrons. The Morgan fingerprint density at radius 1 is 0.509 bits per heavy atom. The topological polar surface area (TPSA) is 168 Å². The van der Waals surface area contributed by atoms with Gasteiger partial charge >= 0.3 is 11.9 Å². The molecule has 0 unspecified atom stereocenters. The summed E-state index contributed by atoms with van der Waals surface area (Å²) in [6.45, 7) is 4.46. The lowest BCUT2D eigenvalue weighted by Gasteiger charge is -2.03. The monoisotopic (exact) mass is 768 g/mol. The number of phenols is 2. The van der Waals surface area contributed by atoms with Gasteiger partial charge in [0.15, 0.2) is 34.6 Å². The number of ketones is 2. The predicted molar refractivity (Wildman–Crippen MR) is 221 cm³/mol. The zero-order chi connectivity index (χ0) is 41.1. The van der Waals surface area contributed by atoms with Crippen LogP contribution in [0.1, 0.15) is 160 Å². The third-order valence-electron chi connectivity index (χ3n) is 8.67. The van der Waals surface area contributed by atoms with Crippen LogP contribution in [0.15, 0.2) is 48.6 Å². The first-order valence-corrected chi connectivity index (χ1v) is 20.1. The molecule has 0 amide bonds. The van der Waals surface area contributed by atoms with E-state index in [0.717, 1.165) is 25.7 Å². The van der Waals surface area contributed by atoms with Crippen molar-refractivity contribution in [1.82, 2.24) is 0 Å². The number of rotatable bonds is 28. The third kappa shape index (κ3) is 29.4. The molecule has 0 aromatic heterocycles. The second-order valence-corrected chi connectivity index (χ2v) is 13.6. The van der Waals surface area contributed by atoms with E-state index in [9.17, 15) is 29.4 Å². The zero-order valence-electron chi connectivity index (χ0n) is 33.9. The van der Waals surface area contributed by atoms with E-state index in [1.807, 2.05) is 0 Å². The molecule has 0 saturated heterocycles. The van der Waals surface area contributed by atoms with Gasteiger partial charge in [-0.3, -0.25) is 19.2 Å². The molecule has 0 bridgehead atoms. The molecule has 0 radical (unpaired) electrons. The number of phenolic OH excluding ortho intramolecular Hbond substituents is 2. The minimum absolute atomic E-state index is 0.00662. The maximum Gasteiger partial charge on any atom is 0.303 e. The number of methoxy groups -OCH3 is 2. The molecule has 2 aromatic rings. The molecule has 2 aromatic carbocycles. The number of carbonyl (C=O) groups excluding carboxylic acids is 2. The van der Waals surface area contributed by atoms with Crippen LogP contribution in [0.3, 0.4) is 0 Å². The summed E-state index contributed by atoms with van der Waals surface area (Å²) >= 11 is 0. The Balaban J connectivity index is 0.000000882. The Hall–Kier alpha value is -4.60. The van der Waals surface area contributed by atoms with Crippen LogP contribution in [-0.4, -0.2) is 58.2 Å². The molecular formula is C45H68O10. The summed E-state index contributed by atoms with van der Waals surface area (Å²) in [5, 5.41) is 35.9. The number of carboxylic acids is 2. The molecule has 0 atom stereocenters. The van der Waals surface area contributed by atoms with Crippen molar-refractivity contribution in [3.63, 3.8) is 0 Å². The van der Waals surface area contributed by atoms with Gasteiger partial charge in [0.05, 0.1) is 20.6 Å². The summed E-state index contributed by atoms with van der Waals surface area (Å²) in [7, 11) is 2.87. The molecular weight excluding hydrogens is 700 g/mol. The molecule has 10 nitrogen and oxygen atoms in total. The zero-order valence-corrected chi connectivity index (χ0v) is 33.9. The first-order chi connectivity index (χ1) is 26.5. The van der Waals surface area contributed by atoms with Crippen LogP contribution in [0.4, 0.5) is 0 Å². The fraction of sp³-hybridized carbons (Fsp3) is 0.556. The fourth-order valence-electron chi connectivity index (χ4n) is 5.44. The van der Waals surface area contributed by atoms with E-state index in [1.54, 1.807) is 36.4 Å². The van der Waals surface area contributed by atoms with E-state index in [-0.39, 0.29) is 29.5 Å². The van der Waals surface area contributed by atoms with Gasteiger partial charge in [0.25, 0.3) is 0 Å². The molecule has 0 spiro atoms. The van der Waals surface area contributed by atoms with Gasteiger partial charge in [-0.05, 0) is 60.4 Å². The van der Waals surface area contributed by atoms with Crippen molar-refractivity contribution in [3.8, 4) is 23.0 Å². The van der Waals surface area contributed by atoms with E-state index in [0.29, 0.717) is 35.5 Å². The number of ether oxygens (including phenoxy) is 2. The number of allylic oxidation sites excluding steroid dienone is 2. The highest BCUT2D eigenvalue weighted by molar-refractivity contribution is 6.10. The van der Waals surface area contributed by atoms with Crippen molar-refractivity contribution < 1.29 is 49.1 Å². The Bertz CT molecular complexity index is 1310. The number of hydrogen-bond acceptors (Lipinski definition) is 8. The SMILES string of the molecule is CCCCCCCCCCCC(=O)O.CCCCCCCCCCCC(=O)O.COc1cc(/C=C/C(=O)CC(=O)/C=C/c2ccc(O)c(OC)c2)ccc1O. The van der Waals surface area contributed by atoms with Gasteiger partial charge in [-0.2, -0.15) is 0 Å². The first kappa shape index (κ1) is 50.4. The van der Waals surface area contributed by atoms with Crippen molar-refractivity contribution in [2.75, 3.05) is 14.2 Å². The summed E-state index contributed by atoms with van der Waals surface area (Å²) in [6.07, 6.45) is 28.4. The molecule has 0 aliphatic heterocycles. The van der Waals surface area contributed by atoms with Gasteiger partial charge in [0.1, 0.15) is 0 Å². The lowest BCUT2D eigenvalue weighted by Crippen LogP contribution is -2.01. The van der Waals surface area contributed by atoms with Gasteiger partial charge in [0.2, 0.25) is 0 Å². The fourth-order valence-corrected chi connectivity index (χ4v) is 5.44. The van der Waals surface area contributed by atoms with Gasteiger partial charge < -0.3 is 29.9 Å². The Morgan fingerprint density at radius 3 is 1.11 bits per heavy atom. The largest absolute Gasteiger partial charge is 0.504 e. The van der Waals surface area contributed by atoms with Gasteiger partial charge in [-0.25, -0.2) is 0 Å². The maximum atomic E-state index is 11.9. The Kier molecular flexibility index (Phi) is 31.1. The van der Waals surface area contributed by atoms with Gasteiger partial charge in [0, 0.05) is 12.8 Å². The summed E-state index contributed by atoms with van der Waals surface area (Å²) < 4.78 is 10.00. The standard InChI is InChI=1S/C21H20O6.2C12H24O2/c1-26-20-11-14(5-9-18(20)24)3-7-16(22)13-17(23)8-4-15-6-10-19(25)21(12-15)27-2;2*1-2-3-4-5-6-7-8-9-10-11-12(13)14/h3-12,24-25H,13H2,1-2H3;2*2-11H2,1H3,(H,13,14)/b7-3+,8-4+;;. The van der Waals surface area contributed by atoms with E-state index < -0.39 is 11.9 Å². The molecule has 2 rings (SSSR count). The van der Waals surface area contributed by atoms with E-state index >= 15 is 0 Å². The number of unbranched alkanes of at least 4 members (excludes halogenated alkanes) is 16. The average molecular weight is 769 g/mol. The molecule has 4 N–H and O–H groups in total. The summed E-state index contributed by atoms with van der Waals surface area (Å²) in [6, 6.07) is 9.34. The number of aliphatic carboxylic acids is 2. The molecule has 10 heteroatoms. The maximum absolute atomic E-state index is 11.9. The van der Waals surface area contributed by atoms with E-state index in [4.69, 9.17) is 19.7 Å². The number of carbonyl (C=O) groups is 4. The van der Waals surface area contributed by atoms with Crippen LogP contribution >= 0.6 is 0 Å². The van der Waals surface area contributed by atoms with Crippen molar-refractivity contribution >= 4 is 35.7 Å². The summed E-state index contributed by atoms with van der Waals surface area (Å²) in [4.78, 5) is 44.3. The average Bonchev–Trinajstić information content (AvgIpc) is 3.16. The van der Waals surface area contributed by atoms with Crippen LogP contribution in [0.5, 0.6) is 23.0 Å². The number of hydrogen-bond donors (Lipinski definition) is 4. The van der Waals surface area contributed by atoms with E-state index in [1.165, 1.54) is 128 Å².